The maximum absolute atomic E-state index is 12.2. The Balaban J connectivity index is 1.54. The van der Waals surface area contributed by atoms with Crippen molar-refractivity contribution in [3.8, 4) is 17.1 Å². The molecule has 7 heteroatoms. The van der Waals surface area contributed by atoms with Crippen molar-refractivity contribution >= 4 is 17.5 Å². The van der Waals surface area contributed by atoms with Crippen molar-refractivity contribution in [1.29, 1.82) is 0 Å². The minimum absolute atomic E-state index is 0.0647. The summed E-state index contributed by atoms with van der Waals surface area (Å²) in [6.07, 6.45) is 0.770. The summed E-state index contributed by atoms with van der Waals surface area (Å²) in [7, 11) is 0. The van der Waals surface area contributed by atoms with Crippen LogP contribution in [0.4, 0.5) is 0 Å². The van der Waals surface area contributed by atoms with Gasteiger partial charge in [-0.3, -0.25) is 4.79 Å². The van der Waals surface area contributed by atoms with Gasteiger partial charge in [0.15, 0.2) is 6.61 Å². The summed E-state index contributed by atoms with van der Waals surface area (Å²) in [5, 5.41) is 7.51. The molecule has 2 aromatic carbocycles. The summed E-state index contributed by atoms with van der Waals surface area (Å²) >= 11 is 5.91. The lowest BCUT2D eigenvalue weighted by atomic mass is 10.0. The van der Waals surface area contributed by atoms with Crippen LogP contribution in [-0.4, -0.2) is 22.7 Å². The van der Waals surface area contributed by atoms with E-state index in [-0.39, 0.29) is 18.6 Å². The number of benzene rings is 2. The fourth-order valence-corrected chi connectivity index (χ4v) is 2.74. The topological polar surface area (TPSA) is 77.2 Å². The molecule has 3 aromatic rings. The first kappa shape index (κ1) is 18.9. The van der Waals surface area contributed by atoms with E-state index in [4.69, 9.17) is 20.9 Å². The SMILES string of the molecule is CCC(NC(=O)COc1ccc(-c2noc(C)n2)cc1)c1ccc(Cl)cc1. The van der Waals surface area contributed by atoms with Crippen LogP contribution in [0.5, 0.6) is 5.75 Å². The number of ether oxygens (including phenoxy) is 1. The van der Waals surface area contributed by atoms with E-state index in [0.29, 0.717) is 22.5 Å². The molecule has 3 rings (SSSR count). The van der Waals surface area contributed by atoms with Crippen molar-refractivity contribution in [3.63, 3.8) is 0 Å². The van der Waals surface area contributed by atoms with Gasteiger partial charge >= 0.3 is 0 Å². The van der Waals surface area contributed by atoms with Crippen molar-refractivity contribution in [3.05, 3.63) is 65.0 Å². The molecule has 0 aliphatic rings. The smallest absolute Gasteiger partial charge is 0.258 e. The highest BCUT2D eigenvalue weighted by molar-refractivity contribution is 6.30. The lowest BCUT2D eigenvalue weighted by Gasteiger charge is -2.17. The Morgan fingerprint density at radius 1 is 1.19 bits per heavy atom. The second-order valence-corrected chi connectivity index (χ2v) is 6.47. The van der Waals surface area contributed by atoms with Gasteiger partial charge in [-0.05, 0) is 48.4 Å². The molecule has 0 aliphatic carbocycles. The number of carbonyl (C=O) groups excluding carboxylic acids is 1. The zero-order valence-corrected chi connectivity index (χ0v) is 15.9. The zero-order valence-electron chi connectivity index (χ0n) is 15.1. The molecule has 6 nitrogen and oxygen atoms in total. The highest BCUT2D eigenvalue weighted by Gasteiger charge is 2.13. The molecule has 0 bridgehead atoms. The Kier molecular flexibility index (Phi) is 6.08. The largest absolute Gasteiger partial charge is 0.484 e. The lowest BCUT2D eigenvalue weighted by molar-refractivity contribution is -0.123. The number of amides is 1. The van der Waals surface area contributed by atoms with Gasteiger partial charge in [0.1, 0.15) is 5.75 Å². The molecule has 140 valence electrons. The van der Waals surface area contributed by atoms with Crippen molar-refractivity contribution in [2.75, 3.05) is 6.61 Å². The van der Waals surface area contributed by atoms with Crippen LogP contribution in [0.1, 0.15) is 30.8 Å². The Morgan fingerprint density at radius 3 is 2.48 bits per heavy atom. The third-order valence-electron chi connectivity index (χ3n) is 4.03. The van der Waals surface area contributed by atoms with Crippen molar-refractivity contribution in [2.45, 2.75) is 26.3 Å². The van der Waals surface area contributed by atoms with E-state index in [1.807, 2.05) is 43.3 Å². The number of nitrogens with zero attached hydrogens (tertiary/aromatic N) is 2. The number of aromatic nitrogens is 2. The Hall–Kier alpha value is -2.86. The predicted molar refractivity (Wildman–Crippen MR) is 103 cm³/mol. The van der Waals surface area contributed by atoms with Gasteiger partial charge in [0, 0.05) is 17.5 Å². The Bertz CT molecular complexity index is 892. The average Bonchev–Trinajstić information content (AvgIpc) is 3.12. The van der Waals surface area contributed by atoms with E-state index in [1.54, 1.807) is 19.1 Å². The van der Waals surface area contributed by atoms with Gasteiger partial charge in [0.25, 0.3) is 5.91 Å². The second kappa shape index (κ2) is 8.68. The number of carbonyl (C=O) groups is 1. The van der Waals surface area contributed by atoms with E-state index >= 15 is 0 Å². The zero-order chi connectivity index (χ0) is 19.2. The van der Waals surface area contributed by atoms with Gasteiger partial charge in [-0.25, -0.2) is 0 Å². The summed E-state index contributed by atoms with van der Waals surface area (Å²) in [6, 6.07) is 14.5. The van der Waals surface area contributed by atoms with E-state index in [0.717, 1.165) is 17.5 Å². The standard InChI is InChI=1S/C20H20ClN3O3/c1-3-18(14-4-8-16(21)9-5-14)23-19(25)12-26-17-10-6-15(7-11-17)20-22-13(2)27-24-20/h4-11,18H,3,12H2,1-2H3,(H,23,25). The Labute approximate surface area is 162 Å². The summed E-state index contributed by atoms with van der Waals surface area (Å²) in [5.41, 5.74) is 1.83. The third-order valence-corrected chi connectivity index (χ3v) is 4.28. The summed E-state index contributed by atoms with van der Waals surface area (Å²) in [5.74, 6) is 1.43. The summed E-state index contributed by atoms with van der Waals surface area (Å²) < 4.78 is 10.5. The number of aryl methyl sites for hydroxylation is 1. The normalized spacial score (nSPS) is 11.8. The first-order valence-electron chi connectivity index (χ1n) is 8.63. The van der Waals surface area contributed by atoms with E-state index in [9.17, 15) is 4.79 Å². The number of hydrogen-bond donors (Lipinski definition) is 1. The molecule has 1 amide bonds. The number of hydrogen-bond acceptors (Lipinski definition) is 5. The molecular weight excluding hydrogens is 366 g/mol. The van der Waals surface area contributed by atoms with Crippen LogP contribution in [0.15, 0.2) is 53.1 Å². The quantitative estimate of drug-likeness (QED) is 0.654. The molecule has 0 aliphatic heterocycles. The van der Waals surface area contributed by atoms with Gasteiger partial charge in [-0.15, -0.1) is 0 Å². The molecule has 1 unspecified atom stereocenters. The van der Waals surface area contributed by atoms with E-state index in [2.05, 4.69) is 15.5 Å². The molecule has 0 fully saturated rings. The monoisotopic (exact) mass is 385 g/mol. The van der Waals surface area contributed by atoms with Crippen molar-refractivity contribution in [1.82, 2.24) is 15.5 Å². The van der Waals surface area contributed by atoms with Crippen LogP contribution >= 0.6 is 11.6 Å². The van der Waals surface area contributed by atoms with Gasteiger partial charge in [0.05, 0.1) is 6.04 Å². The minimum Gasteiger partial charge on any atom is -0.484 e. The highest BCUT2D eigenvalue weighted by atomic mass is 35.5. The minimum atomic E-state index is -0.185. The fraction of sp³-hybridized carbons (Fsp3) is 0.250. The van der Waals surface area contributed by atoms with Crippen LogP contribution in [-0.2, 0) is 4.79 Å². The van der Waals surface area contributed by atoms with Gasteiger partial charge in [0.2, 0.25) is 11.7 Å². The third kappa shape index (κ3) is 5.08. The number of halogens is 1. The maximum atomic E-state index is 12.2. The van der Waals surface area contributed by atoms with Gasteiger partial charge < -0.3 is 14.6 Å². The van der Waals surface area contributed by atoms with Gasteiger partial charge in [-0.2, -0.15) is 4.98 Å². The number of nitrogens with one attached hydrogen (secondary N) is 1. The molecule has 1 aromatic heterocycles. The molecule has 0 saturated carbocycles. The van der Waals surface area contributed by atoms with Crippen molar-refractivity contribution < 1.29 is 14.1 Å². The molecule has 0 spiro atoms. The molecule has 27 heavy (non-hydrogen) atoms. The molecular formula is C20H20ClN3O3. The fourth-order valence-electron chi connectivity index (χ4n) is 2.62. The Morgan fingerprint density at radius 2 is 1.89 bits per heavy atom. The molecule has 1 N–H and O–H groups in total. The predicted octanol–water partition coefficient (Wildman–Crippen LogP) is 4.34. The first-order chi connectivity index (χ1) is 13.0. The van der Waals surface area contributed by atoms with Crippen LogP contribution in [0.2, 0.25) is 5.02 Å². The number of rotatable bonds is 7. The molecule has 0 saturated heterocycles. The van der Waals surface area contributed by atoms with Gasteiger partial charge in [-0.1, -0.05) is 35.8 Å². The average molecular weight is 386 g/mol. The molecule has 0 radical (unpaired) electrons. The van der Waals surface area contributed by atoms with Crippen molar-refractivity contribution in [2.24, 2.45) is 0 Å². The second-order valence-electron chi connectivity index (χ2n) is 6.03. The first-order valence-corrected chi connectivity index (χ1v) is 9.01. The van der Waals surface area contributed by atoms with Crippen LogP contribution in [0.25, 0.3) is 11.4 Å². The highest BCUT2D eigenvalue weighted by Crippen LogP contribution is 2.21. The summed E-state index contributed by atoms with van der Waals surface area (Å²) in [6.45, 7) is 3.68. The van der Waals surface area contributed by atoms with Crippen LogP contribution in [0, 0.1) is 6.92 Å². The van der Waals surface area contributed by atoms with E-state index in [1.165, 1.54) is 0 Å². The van der Waals surface area contributed by atoms with Crippen LogP contribution in [0.3, 0.4) is 0 Å². The summed E-state index contributed by atoms with van der Waals surface area (Å²) in [4.78, 5) is 16.4. The van der Waals surface area contributed by atoms with Crippen LogP contribution < -0.4 is 10.1 Å². The maximum Gasteiger partial charge on any atom is 0.258 e. The molecule has 1 heterocycles. The molecule has 1 atom stereocenters. The lowest BCUT2D eigenvalue weighted by Crippen LogP contribution is -2.32. The van der Waals surface area contributed by atoms with E-state index < -0.39 is 0 Å².